The first-order chi connectivity index (χ1) is 16.4. The molecular weight excluding hydrogens is 428 g/mol. The molecule has 1 atom stereocenters. The Morgan fingerprint density at radius 3 is 2.24 bits per heavy atom. The molecule has 1 fully saturated rings. The third kappa shape index (κ3) is 4.57. The molecule has 1 aliphatic rings. The number of aliphatic hydroxyl groups is 1. The van der Waals surface area contributed by atoms with Crippen molar-refractivity contribution < 1.29 is 19.4 Å². The highest BCUT2D eigenvalue weighted by atomic mass is 16.5. The first kappa shape index (κ1) is 23.2. The van der Waals surface area contributed by atoms with Gasteiger partial charge in [0.25, 0.3) is 11.7 Å². The average molecular weight is 457 g/mol. The summed E-state index contributed by atoms with van der Waals surface area (Å²) in [5.74, 6) is -0.517. The molecule has 1 amide bonds. The third-order valence-corrected chi connectivity index (χ3v) is 6.00. The van der Waals surface area contributed by atoms with Crippen LogP contribution in [0.15, 0.2) is 78.6 Å². The van der Waals surface area contributed by atoms with Crippen LogP contribution in [0.5, 0.6) is 5.75 Å². The topological polar surface area (TPSA) is 79.7 Å². The van der Waals surface area contributed by atoms with E-state index in [2.05, 4.69) is 18.8 Å². The van der Waals surface area contributed by atoms with Gasteiger partial charge in [-0.3, -0.25) is 14.6 Å². The van der Waals surface area contributed by atoms with Crippen molar-refractivity contribution in [2.45, 2.75) is 39.3 Å². The highest BCUT2D eigenvalue weighted by Crippen LogP contribution is 2.40. The number of amides is 1. The second kappa shape index (κ2) is 9.91. The summed E-state index contributed by atoms with van der Waals surface area (Å²) in [6.07, 6.45) is 3.30. The lowest BCUT2D eigenvalue weighted by Crippen LogP contribution is -2.29. The molecule has 1 aliphatic heterocycles. The lowest BCUT2D eigenvalue weighted by atomic mass is 9.93. The van der Waals surface area contributed by atoms with Crippen LogP contribution in [0.4, 0.5) is 0 Å². The Morgan fingerprint density at radius 2 is 1.65 bits per heavy atom. The molecule has 0 aliphatic carbocycles. The molecule has 1 saturated heterocycles. The zero-order chi connectivity index (χ0) is 24.2. The summed E-state index contributed by atoms with van der Waals surface area (Å²) in [4.78, 5) is 31.9. The number of carbonyl (C=O) groups is 2. The van der Waals surface area contributed by atoms with Crippen LogP contribution in [0.1, 0.15) is 55.0 Å². The molecule has 0 saturated carbocycles. The Bertz CT molecular complexity index is 1200. The second-order valence-electron chi connectivity index (χ2n) is 8.56. The number of pyridine rings is 1. The van der Waals surface area contributed by atoms with Gasteiger partial charge in [-0.15, -0.1) is 0 Å². The third-order valence-electron chi connectivity index (χ3n) is 6.00. The van der Waals surface area contributed by atoms with Crippen molar-refractivity contribution in [2.75, 3.05) is 6.61 Å². The number of nitrogens with zero attached hydrogens (tertiary/aromatic N) is 2. The molecule has 34 heavy (non-hydrogen) atoms. The van der Waals surface area contributed by atoms with E-state index in [0.717, 1.165) is 16.7 Å². The molecule has 2 heterocycles. The van der Waals surface area contributed by atoms with Gasteiger partial charge in [0.1, 0.15) is 11.5 Å². The summed E-state index contributed by atoms with van der Waals surface area (Å²) >= 11 is 0. The van der Waals surface area contributed by atoms with Gasteiger partial charge < -0.3 is 14.7 Å². The van der Waals surface area contributed by atoms with Gasteiger partial charge in [0, 0.05) is 24.5 Å². The Balaban J connectivity index is 1.81. The standard InChI is InChI=1S/C28H28N2O4/c1-4-34-23-11-9-22(10-12-23)26(31)24-25(21-7-5-20(6-8-21)18(2)3)30(28(33)27(24)32)17-19-13-15-29-16-14-19/h5-16,18,25,31H,4,17H2,1-3H3/b26-24-. The van der Waals surface area contributed by atoms with Crippen molar-refractivity contribution in [3.05, 3.63) is 101 Å². The van der Waals surface area contributed by atoms with Gasteiger partial charge in [-0.25, -0.2) is 0 Å². The van der Waals surface area contributed by atoms with E-state index < -0.39 is 17.7 Å². The monoisotopic (exact) mass is 456 g/mol. The van der Waals surface area contributed by atoms with Gasteiger partial charge in [0.15, 0.2) is 0 Å². The lowest BCUT2D eigenvalue weighted by molar-refractivity contribution is -0.140. The van der Waals surface area contributed by atoms with Crippen molar-refractivity contribution in [3.8, 4) is 5.75 Å². The largest absolute Gasteiger partial charge is 0.507 e. The molecule has 2 aromatic carbocycles. The first-order valence-corrected chi connectivity index (χ1v) is 11.4. The summed E-state index contributed by atoms with van der Waals surface area (Å²) in [6, 6.07) is 17.6. The molecule has 6 heteroatoms. The van der Waals surface area contributed by atoms with E-state index in [1.54, 1.807) is 36.7 Å². The Morgan fingerprint density at radius 1 is 1.00 bits per heavy atom. The Labute approximate surface area is 199 Å². The van der Waals surface area contributed by atoms with Gasteiger partial charge in [-0.2, -0.15) is 0 Å². The quantitative estimate of drug-likeness (QED) is 0.299. The Kier molecular flexibility index (Phi) is 6.77. The maximum Gasteiger partial charge on any atom is 0.295 e. The van der Waals surface area contributed by atoms with E-state index in [-0.39, 0.29) is 17.9 Å². The van der Waals surface area contributed by atoms with Crippen molar-refractivity contribution in [1.29, 1.82) is 0 Å². The number of likely N-dealkylation sites (tertiary alicyclic amines) is 1. The van der Waals surface area contributed by atoms with Crippen molar-refractivity contribution >= 4 is 17.4 Å². The molecule has 4 rings (SSSR count). The number of rotatable bonds is 7. The van der Waals surface area contributed by atoms with Crippen LogP contribution < -0.4 is 4.74 Å². The predicted octanol–water partition coefficient (Wildman–Crippen LogP) is 5.23. The molecule has 0 bridgehead atoms. The summed E-state index contributed by atoms with van der Waals surface area (Å²) in [5.41, 5.74) is 3.31. The number of ketones is 1. The van der Waals surface area contributed by atoms with Gasteiger partial charge in [0.2, 0.25) is 0 Å². The van der Waals surface area contributed by atoms with E-state index in [0.29, 0.717) is 23.8 Å². The highest BCUT2D eigenvalue weighted by Gasteiger charge is 2.46. The van der Waals surface area contributed by atoms with Gasteiger partial charge >= 0.3 is 0 Å². The maximum absolute atomic E-state index is 13.2. The average Bonchev–Trinajstić information content (AvgIpc) is 3.10. The van der Waals surface area contributed by atoms with Crippen molar-refractivity contribution in [2.24, 2.45) is 0 Å². The van der Waals surface area contributed by atoms with E-state index >= 15 is 0 Å². The fourth-order valence-electron chi connectivity index (χ4n) is 4.17. The zero-order valence-corrected chi connectivity index (χ0v) is 19.6. The maximum atomic E-state index is 13.2. The first-order valence-electron chi connectivity index (χ1n) is 11.4. The van der Waals surface area contributed by atoms with Crippen molar-refractivity contribution in [1.82, 2.24) is 9.88 Å². The smallest absolute Gasteiger partial charge is 0.295 e. The van der Waals surface area contributed by atoms with E-state index in [9.17, 15) is 14.7 Å². The van der Waals surface area contributed by atoms with Crippen molar-refractivity contribution in [3.63, 3.8) is 0 Å². The summed E-state index contributed by atoms with van der Waals surface area (Å²) in [5, 5.41) is 11.2. The fourth-order valence-corrected chi connectivity index (χ4v) is 4.17. The predicted molar refractivity (Wildman–Crippen MR) is 130 cm³/mol. The van der Waals surface area contributed by atoms with Gasteiger partial charge in [-0.05, 0) is 65.9 Å². The number of aromatic nitrogens is 1. The number of carbonyl (C=O) groups excluding carboxylic acids is 2. The molecule has 1 N–H and O–H groups in total. The zero-order valence-electron chi connectivity index (χ0n) is 19.6. The molecule has 0 radical (unpaired) electrons. The van der Waals surface area contributed by atoms with E-state index in [4.69, 9.17) is 4.74 Å². The minimum absolute atomic E-state index is 0.0838. The van der Waals surface area contributed by atoms with E-state index in [1.807, 2.05) is 43.3 Å². The summed E-state index contributed by atoms with van der Waals surface area (Å²) in [7, 11) is 0. The highest BCUT2D eigenvalue weighted by molar-refractivity contribution is 6.46. The lowest BCUT2D eigenvalue weighted by Gasteiger charge is -2.25. The minimum Gasteiger partial charge on any atom is -0.507 e. The fraction of sp³-hybridized carbons (Fsp3) is 0.250. The number of hydrogen-bond donors (Lipinski definition) is 1. The number of benzene rings is 2. The molecule has 174 valence electrons. The summed E-state index contributed by atoms with van der Waals surface area (Å²) < 4.78 is 5.48. The van der Waals surface area contributed by atoms with Crippen LogP contribution in [0.2, 0.25) is 0 Å². The van der Waals surface area contributed by atoms with Crippen LogP contribution in [0, 0.1) is 0 Å². The van der Waals surface area contributed by atoms with Crippen LogP contribution in [-0.2, 0) is 16.1 Å². The summed E-state index contributed by atoms with van der Waals surface area (Å²) in [6.45, 7) is 6.86. The van der Waals surface area contributed by atoms with Gasteiger partial charge in [-0.1, -0.05) is 38.1 Å². The molecular formula is C28H28N2O4. The number of aliphatic hydroxyl groups excluding tert-OH is 1. The molecule has 1 aromatic heterocycles. The minimum atomic E-state index is -0.707. The molecule has 3 aromatic rings. The van der Waals surface area contributed by atoms with Crippen LogP contribution in [-0.4, -0.2) is 33.3 Å². The van der Waals surface area contributed by atoms with Crippen LogP contribution in [0.3, 0.4) is 0 Å². The van der Waals surface area contributed by atoms with Crippen LogP contribution in [0.25, 0.3) is 5.76 Å². The number of hydrogen-bond acceptors (Lipinski definition) is 5. The normalized spacial score (nSPS) is 17.4. The Hall–Kier alpha value is -3.93. The second-order valence-corrected chi connectivity index (χ2v) is 8.56. The molecule has 1 unspecified atom stereocenters. The number of Topliss-reactive ketones (excluding diaryl/α,β-unsaturated/α-hetero) is 1. The SMILES string of the molecule is CCOc1ccc(/C(O)=C2/C(=O)C(=O)N(Cc3ccncc3)C2c2ccc(C(C)C)cc2)cc1. The van der Waals surface area contributed by atoms with Crippen LogP contribution >= 0.6 is 0 Å². The van der Waals surface area contributed by atoms with Gasteiger partial charge in [0.05, 0.1) is 18.2 Å². The number of ether oxygens (including phenoxy) is 1. The van der Waals surface area contributed by atoms with E-state index in [1.165, 1.54) is 4.90 Å². The molecule has 0 spiro atoms. The molecule has 6 nitrogen and oxygen atoms in total.